The molecule has 166 valence electrons. The first-order valence-electron chi connectivity index (χ1n) is 9.99. The minimum atomic E-state index is -1.14. The van der Waals surface area contributed by atoms with Gasteiger partial charge in [-0.3, -0.25) is 9.48 Å². The summed E-state index contributed by atoms with van der Waals surface area (Å²) < 4.78 is 13.4. The van der Waals surface area contributed by atoms with Crippen molar-refractivity contribution in [1.82, 2.24) is 14.8 Å². The Morgan fingerprint density at radius 1 is 1.16 bits per heavy atom. The maximum atomic E-state index is 12.8. The van der Waals surface area contributed by atoms with Crippen LogP contribution in [0.4, 0.5) is 5.82 Å². The third kappa shape index (κ3) is 4.70. The van der Waals surface area contributed by atoms with Crippen LogP contribution in [-0.4, -0.2) is 49.1 Å². The van der Waals surface area contributed by atoms with Crippen molar-refractivity contribution in [3.05, 3.63) is 60.0 Å². The molecule has 10 heteroatoms. The standard InChI is InChI=1S/C22H22N4O6/c1-26-8-5-19(25-26)24-20(28)14-9-16(31-15-3-4-18(21(29)30)23-12-15)11-17(10-14)32-22(13-27)6-2-7-22/h3-5,8-12,27H,2,6-7,13H2,1H3,(H,29,30)(H,24,25,28). The van der Waals surface area contributed by atoms with Gasteiger partial charge in [-0.2, -0.15) is 5.10 Å². The van der Waals surface area contributed by atoms with Gasteiger partial charge in [-0.1, -0.05) is 0 Å². The topological polar surface area (TPSA) is 136 Å². The van der Waals surface area contributed by atoms with Crippen LogP contribution in [0.2, 0.25) is 0 Å². The van der Waals surface area contributed by atoms with E-state index in [4.69, 9.17) is 14.6 Å². The molecule has 3 N–H and O–H groups in total. The second-order valence-electron chi connectivity index (χ2n) is 7.60. The number of carbonyl (C=O) groups is 2. The van der Waals surface area contributed by atoms with Crippen molar-refractivity contribution < 1.29 is 29.3 Å². The summed E-state index contributed by atoms with van der Waals surface area (Å²) in [6, 6.07) is 9.18. The molecular weight excluding hydrogens is 416 g/mol. The SMILES string of the molecule is Cn1ccc(NC(=O)c2cc(Oc3ccc(C(=O)O)nc3)cc(OC3(CO)CCC3)c2)n1. The molecule has 1 aliphatic rings. The minimum Gasteiger partial charge on any atom is -0.485 e. The largest absolute Gasteiger partial charge is 0.485 e. The van der Waals surface area contributed by atoms with Crippen LogP contribution in [0.1, 0.15) is 40.1 Å². The summed E-state index contributed by atoms with van der Waals surface area (Å²) in [5.41, 5.74) is -0.511. The van der Waals surface area contributed by atoms with Gasteiger partial charge in [0.2, 0.25) is 0 Å². The number of carboxylic acids is 1. The van der Waals surface area contributed by atoms with E-state index >= 15 is 0 Å². The summed E-state index contributed by atoms with van der Waals surface area (Å²) in [7, 11) is 1.74. The molecule has 1 fully saturated rings. The molecule has 2 aromatic heterocycles. The zero-order valence-corrected chi connectivity index (χ0v) is 17.3. The van der Waals surface area contributed by atoms with E-state index in [0.29, 0.717) is 35.9 Å². The first-order valence-corrected chi connectivity index (χ1v) is 9.99. The van der Waals surface area contributed by atoms with E-state index in [-0.39, 0.29) is 17.9 Å². The number of aromatic nitrogens is 3. The molecule has 1 aliphatic carbocycles. The number of aromatic carboxylic acids is 1. The first-order chi connectivity index (χ1) is 15.4. The number of nitrogens with zero attached hydrogens (tertiary/aromatic N) is 3. The van der Waals surface area contributed by atoms with Gasteiger partial charge in [0.15, 0.2) is 5.82 Å². The maximum Gasteiger partial charge on any atom is 0.354 e. The predicted octanol–water partition coefficient (Wildman–Crippen LogP) is 2.85. The van der Waals surface area contributed by atoms with E-state index in [9.17, 15) is 14.7 Å². The second-order valence-corrected chi connectivity index (χ2v) is 7.60. The van der Waals surface area contributed by atoms with E-state index in [1.165, 1.54) is 24.4 Å². The number of hydrogen-bond donors (Lipinski definition) is 3. The number of pyridine rings is 1. The van der Waals surface area contributed by atoms with Crippen molar-refractivity contribution >= 4 is 17.7 Å². The van der Waals surface area contributed by atoms with Gasteiger partial charge in [0.05, 0.1) is 12.8 Å². The zero-order valence-electron chi connectivity index (χ0n) is 17.3. The van der Waals surface area contributed by atoms with Crippen molar-refractivity contribution in [2.45, 2.75) is 24.9 Å². The molecule has 0 aliphatic heterocycles. The Morgan fingerprint density at radius 2 is 1.94 bits per heavy atom. The molecule has 2 heterocycles. The number of carbonyl (C=O) groups excluding carboxylic acids is 1. The minimum absolute atomic E-state index is 0.111. The predicted molar refractivity (Wildman–Crippen MR) is 113 cm³/mol. The molecule has 0 atom stereocenters. The van der Waals surface area contributed by atoms with E-state index in [2.05, 4.69) is 15.4 Å². The average Bonchev–Trinajstić information content (AvgIpc) is 3.15. The van der Waals surface area contributed by atoms with Gasteiger partial charge in [0.1, 0.15) is 28.5 Å². The van der Waals surface area contributed by atoms with Gasteiger partial charge in [-0.25, -0.2) is 9.78 Å². The summed E-state index contributed by atoms with van der Waals surface area (Å²) in [5.74, 6) is -0.196. The quantitative estimate of drug-likeness (QED) is 0.488. The van der Waals surface area contributed by atoms with E-state index < -0.39 is 17.5 Å². The number of amides is 1. The van der Waals surface area contributed by atoms with Gasteiger partial charge in [0.25, 0.3) is 5.91 Å². The summed E-state index contributed by atoms with van der Waals surface area (Å²) in [6.45, 7) is -0.131. The normalized spacial score (nSPS) is 14.3. The number of anilines is 1. The number of benzene rings is 1. The van der Waals surface area contributed by atoms with Crippen LogP contribution in [0.15, 0.2) is 48.8 Å². The van der Waals surface area contributed by atoms with Crippen molar-refractivity contribution in [3.8, 4) is 17.2 Å². The Kier molecular flexibility index (Phi) is 5.78. The van der Waals surface area contributed by atoms with Crippen LogP contribution in [0.5, 0.6) is 17.2 Å². The monoisotopic (exact) mass is 438 g/mol. The van der Waals surface area contributed by atoms with E-state index in [1.54, 1.807) is 36.1 Å². The molecular formula is C22H22N4O6. The van der Waals surface area contributed by atoms with Crippen molar-refractivity contribution in [2.75, 3.05) is 11.9 Å². The lowest BCUT2D eigenvalue weighted by molar-refractivity contribution is -0.0516. The van der Waals surface area contributed by atoms with Gasteiger partial charge in [-0.05, 0) is 43.5 Å². The van der Waals surface area contributed by atoms with Crippen LogP contribution < -0.4 is 14.8 Å². The molecule has 32 heavy (non-hydrogen) atoms. The van der Waals surface area contributed by atoms with Crippen LogP contribution in [-0.2, 0) is 7.05 Å². The number of aryl methyl sites for hydroxylation is 1. The second kappa shape index (κ2) is 8.67. The summed E-state index contributed by atoms with van der Waals surface area (Å²) in [4.78, 5) is 27.6. The number of nitrogens with one attached hydrogen (secondary N) is 1. The fourth-order valence-corrected chi connectivity index (χ4v) is 3.31. The summed E-state index contributed by atoms with van der Waals surface area (Å²) >= 11 is 0. The highest BCUT2D eigenvalue weighted by atomic mass is 16.5. The third-order valence-electron chi connectivity index (χ3n) is 5.18. The number of rotatable bonds is 8. The van der Waals surface area contributed by atoms with E-state index in [0.717, 1.165) is 6.42 Å². The molecule has 10 nitrogen and oxygen atoms in total. The molecule has 1 amide bonds. The van der Waals surface area contributed by atoms with Crippen molar-refractivity contribution in [1.29, 1.82) is 0 Å². The molecule has 4 rings (SSSR count). The van der Waals surface area contributed by atoms with Crippen LogP contribution in [0.25, 0.3) is 0 Å². The fraction of sp³-hybridized carbons (Fsp3) is 0.273. The molecule has 0 spiro atoms. The molecule has 0 radical (unpaired) electrons. The van der Waals surface area contributed by atoms with Gasteiger partial charge in [0, 0.05) is 30.9 Å². The highest BCUT2D eigenvalue weighted by molar-refractivity contribution is 6.04. The molecule has 1 saturated carbocycles. The van der Waals surface area contributed by atoms with Crippen LogP contribution in [0.3, 0.4) is 0 Å². The molecule has 0 bridgehead atoms. The molecule has 3 aromatic rings. The zero-order chi connectivity index (χ0) is 22.7. The molecule has 0 saturated heterocycles. The van der Waals surface area contributed by atoms with Gasteiger partial charge < -0.3 is 25.0 Å². The first kappa shape index (κ1) is 21.3. The highest BCUT2D eigenvalue weighted by Gasteiger charge is 2.39. The Bertz CT molecular complexity index is 1130. The Hall–Kier alpha value is -3.92. The summed E-state index contributed by atoms with van der Waals surface area (Å²) in [5, 5.41) is 25.6. The lowest BCUT2D eigenvalue weighted by Gasteiger charge is -2.40. The van der Waals surface area contributed by atoms with E-state index in [1.807, 2.05) is 0 Å². The average molecular weight is 438 g/mol. The van der Waals surface area contributed by atoms with Crippen molar-refractivity contribution in [2.24, 2.45) is 7.05 Å². The van der Waals surface area contributed by atoms with Crippen LogP contribution in [0, 0.1) is 0 Å². The van der Waals surface area contributed by atoms with Gasteiger partial charge in [-0.15, -0.1) is 0 Å². The number of carboxylic acid groups (broad SMARTS) is 1. The number of ether oxygens (including phenoxy) is 2. The smallest absolute Gasteiger partial charge is 0.354 e. The highest BCUT2D eigenvalue weighted by Crippen LogP contribution is 2.38. The summed E-state index contributed by atoms with van der Waals surface area (Å²) in [6.07, 6.45) is 5.37. The lowest BCUT2D eigenvalue weighted by atomic mass is 9.80. The number of hydrogen-bond acceptors (Lipinski definition) is 7. The van der Waals surface area contributed by atoms with Crippen LogP contribution >= 0.6 is 0 Å². The number of aliphatic hydroxyl groups is 1. The Balaban J connectivity index is 1.61. The fourth-order valence-electron chi connectivity index (χ4n) is 3.31. The Labute approximate surface area is 183 Å². The maximum absolute atomic E-state index is 12.8. The van der Waals surface area contributed by atoms with Crippen molar-refractivity contribution in [3.63, 3.8) is 0 Å². The Morgan fingerprint density at radius 3 is 2.50 bits per heavy atom. The van der Waals surface area contributed by atoms with Gasteiger partial charge >= 0.3 is 5.97 Å². The molecule has 0 unspecified atom stereocenters. The number of aliphatic hydroxyl groups excluding tert-OH is 1. The molecule has 1 aromatic carbocycles. The lowest BCUT2D eigenvalue weighted by Crippen LogP contribution is -2.46. The third-order valence-corrected chi connectivity index (χ3v) is 5.18.